The fourth-order valence-corrected chi connectivity index (χ4v) is 2.74. The second kappa shape index (κ2) is 6.52. The molecule has 0 aliphatic carbocycles. The first-order valence-electron chi connectivity index (χ1n) is 6.51. The molecule has 2 heterocycles. The lowest BCUT2D eigenvalue weighted by molar-refractivity contribution is 0.181. The summed E-state index contributed by atoms with van der Waals surface area (Å²) in [6.07, 6.45) is 4.75. The topological polar surface area (TPSA) is 65.1 Å². The fraction of sp³-hybridized carbons (Fsp3) is 0.750. The van der Waals surface area contributed by atoms with Gasteiger partial charge in [-0.3, -0.25) is 16.0 Å². The standard InChI is InChI=1S/C12H21ClN4O/c1-2-4-17-12(10(13)7-15-17)11(16-14)6-9-3-5-18-8-9/h7,9,11,16H,2-6,8,14H2,1H3. The molecule has 2 unspecified atom stereocenters. The molecule has 0 radical (unpaired) electrons. The predicted molar refractivity (Wildman–Crippen MR) is 71.1 cm³/mol. The highest BCUT2D eigenvalue weighted by Crippen LogP contribution is 2.30. The van der Waals surface area contributed by atoms with Crippen LogP contribution < -0.4 is 11.3 Å². The number of hydrazine groups is 1. The van der Waals surface area contributed by atoms with Crippen molar-refractivity contribution in [2.24, 2.45) is 11.8 Å². The number of aryl methyl sites for hydroxylation is 1. The minimum absolute atomic E-state index is 0.0400. The van der Waals surface area contributed by atoms with Crippen molar-refractivity contribution in [2.45, 2.75) is 38.8 Å². The van der Waals surface area contributed by atoms with Gasteiger partial charge in [-0.25, -0.2) is 0 Å². The van der Waals surface area contributed by atoms with Gasteiger partial charge in [0.2, 0.25) is 0 Å². The fourth-order valence-electron chi connectivity index (χ4n) is 2.47. The average Bonchev–Trinajstić information content (AvgIpc) is 2.98. The number of hydrogen-bond donors (Lipinski definition) is 2. The molecule has 2 atom stereocenters. The van der Waals surface area contributed by atoms with Crippen LogP contribution in [0.15, 0.2) is 6.20 Å². The van der Waals surface area contributed by atoms with Crippen LogP contribution in [-0.4, -0.2) is 23.0 Å². The van der Waals surface area contributed by atoms with Gasteiger partial charge in [0.25, 0.3) is 0 Å². The van der Waals surface area contributed by atoms with Crippen LogP contribution in [0.5, 0.6) is 0 Å². The van der Waals surface area contributed by atoms with E-state index in [0.717, 1.165) is 44.7 Å². The number of hydrogen-bond acceptors (Lipinski definition) is 4. The van der Waals surface area contributed by atoms with Crippen molar-refractivity contribution in [3.8, 4) is 0 Å². The molecule has 2 rings (SSSR count). The van der Waals surface area contributed by atoms with Crippen molar-refractivity contribution in [1.82, 2.24) is 15.2 Å². The molecule has 0 aromatic carbocycles. The van der Waals surface area contributed by atoms with Crippen LogP contribution in [0.4, 0.5) is 0 Å². The van der Waals surface area contributed by atoms with Crippen molar-refractivity contribution >= 4 is 11.6 Å². The first-order valence-corrected chi connectivity index (χ1v) is 6.89. The summed E-state index contributed by atoms with van der Waals surface area (Å²) >= 11 is 6.23. The van der Waals surface area contributed by atoms with Gasteiger partial charge in [0.1, 0.15) is 0 Å². The van der Waals surface area contributed by atoms with Gasteiger partial charge in [0.15, 0.2) is 0 Å². The second-order valence-electron chi connectivity index (χ2n) is 4.79. The molecule has 0 saturated carbocycles. The molecule has 1 saturated heterocycles. The third kappa shape index (κ3) is 3.03. The van der Waals surface area contributed by atoms with Crippen LogP contribution in [-0.2, 0) is 11.3 Å². The number of rotatable bonds is 6. The van der Waals surface area contributed by atoms with E-state index in [4.69, 9.17) is 22.2 Å². The third-order valence-corrected chi connectivity index (χ3v) is 3.68. The quantitative estimate of drug-likeness (QED) is 0.613. The maximum Gasteiger partial charge on any atom is 0.0834 e. The Balaban J connectivity index is 2.12. The minimum atomic E-state index is 0.0400. The number of nitrogens with two attached hydrogens (primary N) is 1. The van der Waals surface area contributed by atoms with Gasteiger partial charge in [-0.2, -0.15) is 5.10 Å². The molecule has 1 aliphatic rings. The van der Waals surface area contributed by atoms with Gasteiger partial charge < -0.3 is 4.74 Å². The molecule has 18 heavy (non-hydrogen) atoms. The van der Waals surface area contributed by atoms with Gasteiger partial charge in [0.05, 0.1) is 23.0 Å². The first kappa shape index (κ1) is 13.8. The molecule has 1 aromatic heterocycles. The van der Waals surface area contributed by atoms with Crippen molar-refractivity contribution in [3.63, 3.8) is 0 Å². The zero-order valence-corrected chi connectivity index (χ0v) is 11.5. The minimum Gasteiger partial charge on any atom is -0.381 e. The van der Waals surface area contributed by atoms with Crippen LogP contribution in [0.3, 0.4) is 0 Å². The Hall–Kier alpha value is -0.620. The molecule has 3 N–H and O–H groups in total. The van der Waals surface area contributed by atoms with E-state index in [1.54, 1.807) is 6.20 Å². The summed E-state index contributed by atoms with van der Waals surface area (Å²) in [5.41, 5.74) is 3.86. The summed E-state index contributed by atoms with van der Waals surface area (Å²) in [4.78, 5) is 0. The zero-order valence-electron chi connectivity index (χ0n) is 10.7. The van der Waals surface area contributed by atoms with Crippen molar-refractivity contribution < 1.29 is 4.74 Å². The largest absolute Gasteiger partial charge is 0.381 e. The Morgan fingerprint density at radius 2 is 2.56 bits per heavy atom. The highest BCUT2D eigenvalue weighted by molar-refractivity contribution is 6.31. The Bertz CT molecular complexity index is 376. The van der Waals surface area contributed by atoms with Crippen molar-refractivity contribution in [2.75, 3.05) is 13.2 Å². The van der Waals surface area contributed by atoms with Gasteiger partial charge in [-0.05, 0) is 25.2 Å². The van der Waals surface area contributed by atoms with Gasteiger partial charge in [0, 0.05) is 19.8 Å². The second-order valence-corrected chi connectivity index (χ2v) is 5.19. The van der Waals surface area contributed by atoms with E-state index in [2.05, 4.69) is 17.4 Å². The summed E-state index contributed by atoms with van der Waals surface area (Å²) < 4.78 is 7.35. The SMILES string of the molecule is CCCn1ncc(Cl)c1C(CC1CCOC1)NN. The summed E-state index contributed by atoms with van der Waals surface area (Å²) in [6, 6.07) is 0.0400. The van der Waals surface area contributed by atoms with Crippen molar-refractivity contribution in [3.05, 3.63) is 16.9 Å². The monoisotopic (exact) mass is 272 g/mol. The summed E-state index contributed by atoms with van der Waals surface area (Å²) in [5.74, 6) is 6.23. The number of nitrogens with one attached hydrogen (secondary N) is 1. The Morgan fingerprint density at radius 1 is 1.72 bits per heavy atom. The zero-order chi connectivity index (χ0) is 13.0. The molecule has 1 fully saturated rings. The van der Waals surface area contributed by atoms with E-state index in [1.165, 1.54) is 0 Å². The van der Waals surface area contributed by atoms with E-state index in [9.17, 15) is 0 Å². The molecule has 1 aliphatic heterocycles. The molecular weight excluding hydrogens is 252 g/mol. The van der Waals surface area contributed by atoms with Gasteiger partial charge in [-0.15, -0.1) is 0 Å². The van der Waals surface area contributed by atoms with E-state index >= 15 is 0 Å². The van der Waals surface area contributed by atoms with Gasteiger partial charge >= 0.3 is 0 Å². The highest BCUT2D eigenvalue weighted by atomic mass is 35.5. The van der Waals surface area contributed by atoms with Crippen LogP contribution in [0, 0.1) is 5.92 Å². The maximum atomic E-state index is 6.23. The van der Waals surface area contributed by atoms with Gasteiger partial charge in [-0.1, -0.05) is 18.5 Å². The van der Waals surface area contributed by atoms with Crippen LogP contribution in [0.1, 0.15) is 37.9 Å². The number of ether oxygens (including phenoxy) is 1. The normalized spacial score (nSPS) is 21.4. The molecule has 102 valence electrons. The Kier molecular flexibility index (Phi) is 5.00. The lowest BCUT2D eigenvalue weighted by Gasteiger charge is -2.20. The molecular formula is C12H21ClN4O. The van der Waals surface area contributed by atoms with E-state index in [0.29, 0.717) is 10.9 Å². The van der Waals surface area contributed by atoms with E-state index in [1.807, 2.05) is 4.68 Å². The Morgan fingerprint density at radius 3 is 3.17 bits per heavy atom. The molecule has 0 spiro atoms. The summed E-state index contributed by atoms with van der Waals surface area (Å²) in [5, 5.41) is 4.99. The summed E-state index contributed by atoms with van der Waals surface area (Å²) in [6.45, 7) is 4.65. The molecule has 5 nitrogen and oxygen atoms in total. The molecule has 1 aromatic rings. The van der Waals surface area contributed by atoms with Crippen LogP contribution >= 0.6 is 11.6 Å². The third-order valence-electron chi connectivity index (χ3n) is 3.39. The molecule has 6 heteroatoms. The number of nitrogens with zero attached hydrogens (tertiary/aromatic N) is 2. The maximum absolute atomic E-state index is 6.23. The lowest BCUT2D eigenvalue weighted by atomic mass is 9.97. The van der Waals surface area contributed by atoms with E-state index < -0.39 is 0 Å². The molecule has 0 bridgehead atoms. The smallest absolute Gasteiger partial charge is 0.0834 e. The lowest BCUT2D eigenvalue weighted by Crippen LogP contribution is -2.32. The van der Waals surface area contributed by atoms with Crippen molar-refractivity contribution in [1.29, 1.82) is 0 Å². The number of aromatic nitrogens is 2. The van der Waals surface area contributed by atoms with Crippen LogP contribution in [0.2, 0.25) is 5.02 Å². The first-order chi connectivity index (χ1) is 8.76. The predicted octanol–water partition coefficient (Wildman–Crippen LogP) is 1.88. The summed E-state index contributed by atoms with van der Waals surface area (Å²) in [7, 11) is 0. The Labute approximate surface area is 113 Å². The number of halogens is 1. The highest BCUT2D eigenvalue weighted by Gasteiger charge is 2.25. The van der Waals surface area contributed by atoms with E-state index in [-0.39, 0.29) is 6.04 Å². The van der Waals surface area contributed by atoms with Crippen LogP contribution in [0.25, 0.3) is 0 Å². The average molecular weight is 273 g/mol. The molecule has 0 amide bonds.